The molecule has 0 bridgehead atoms. The van der Waals surface area contributed by atoms with Gasteiger partial charge in [0.25, 0.3) is 5.91 Å². The first-order valence-electron chi connectivity index (χ1n) is 10.4. The van der Waals surface area contributed by atoms with Gasteiger partial charge < -0.3 is 0 Å². The molecule has 0 aromatic heterocycles. The molecule has 0 spiro atoms. The number of carbonyl (C=O) groups is 1. The lowest BCUT2D eigenvalue weighted by molar-refractivity contribution is 0.100. The summed E-state index contributed by atoms with van der Waals surface area (Å²) in [6.45, 7) is 6.26. The summed E-state index contributed by atoms with van der Waals surface area (Å²) in [7, 11) is -2.58. The van der Waals surface area contributed by atoms with Crippen LogP contribution in [0.4, 0.5) is 0 Å². The van der Waals surface area contributed by atoms with Crippen LogP contribution >= 0.6 is 7.05 Å². The Morgan fingerprint density at radius 3 is 1.39 bits per heavy atom. The van der Waals surface area contributed by atoms with Crippen molar-refractivity contribution in [2.75, 3.05) is 0 Å². The third-order valence-electron chi connectivity index (χ3n) is 5.39. The van der Waals surface area contributed by atoms with E-state index in [-0.39, 0.29) is 5.91 Å². The molecule has 0 saturated carbocycles. The number of rotatable bonds is 4. The molecule has 4 rings (SSSR count). The highest BCUT2D eigenvalue weighted by Crippen LogP contribution is 2.47. The first kappa shape index (κ1) is 21.0. The number of carbonyl (C=O) groups excluding carboxylic acids is 1. The van der Waals surface area contributed by atoms with Crippen LogP contribution in [0, 0.1) is 20.8 Å². The van der Waals surface area contributed by atoms with Crippen molar-refractivity contribution in [2.45, 2.75) is 20.8 Å². The van der Waals surface area contributed by atoms with E-state index in [0.29, 0.717) is 5.56 Å². The van der Waals surface area contributed by atoms with Crippen molar-refractivity contribution < 1.29 is 4.79 Å². The molecule has 0 unspecified atom stereocenters. The van der Waals surface area contributed by atoms with Crippen molar-refractivity contribution in [3.8, 4) is 0 Å². The van der Waals surface area contributed by atoms with Crippen molar-refractivity contribution in [3.05, 3.63) is 125 Å². The van der Waals surface area contributed by atoms with E-state index in [1.54, 1.807) is 0 Å². The summed E-state index contributed by atoms with van der Waals surface area (Å²) >= 11 is 0. The molecular weight excluding hydrogens is 397 g/mol. The number of hydrogen-bond acceptors (Lipinski definition) is 1. The van der Waals surface area contributed by atoms with Gasteiger partial charge in [0.1, 0.15) is 0 Å². The van der Waals surface area contributed by atoms with E-state index in [2.05, 4.69) is 93.6 Å². The Morgan fingerprint density at radius 1 is 0.581 bits per heavy atom. The van der Waals surface area contributed by atoms with E-state index in [0.717, 1.165) is 32.6 Å². The third-order valence-corrected chi connectivity index (χ3v) is 8.95. The molecule has 0 aliphatic carbocycles. The van der Waals surface area contributed by atoms with Crippen LogP contribution in [0.3, 0.4) is 0 Å². The van der Waals surface area contributed by atoms with Crippen molar-refractivity contribution >= 4 is 28.9 Å². The predicted octanol–water partition coefficient (Wildman–Crippen LogP) is 5.93. The second kappa shape index (κ2) is 8.88. The van der Waals surface area contributed by atoms with Crippen LogP contribution in [-0.2, 0) is 0 Å². The smallest absolute Gasteiger partial charge is 0.267 e. The van der Waals surface area contributed by atoms with Crippen LogP contribution in [0.5, 0.6) is 0 Å². The molecule has 0 aliphatic rings. The third kappa shape index (κ3) is 4.31. The summed E-state index contributed by atoms with van der Waals surface area (Å²) in [6, 6.07) is 34.7. The van der Waals surface area contributed by atoms with E-state index >= 15 is 0 Å². The van der Waals surface area contributed by atoms with Gasteiger partial charge in [-0.3, -0.25) is 4.79 Å². The topological polar surface area (TPSA) is 29.4 Å². The molecule has 0 aliphatic heterocycles. The average molecular weight is 423 g/mol. The van der Waals surface area contributed by atoms with Crippen LogP contribution in [0.15, 0.2) is 108 Å². The van der Waals surface area contributed by atoms with Crippen molar-refractivity contribution in [1.29, 1.82) is 0 Å². The lowest BCUT2D eigenvalue weighted by Gasteiger charge is -2.27. The number of nitrogens with zero attached hydrogens (tertiary/aromatic N) is 1. The predicted molar refractivity (Wildman–Crippen MR) is 133 cm³/mol. The quantitative estimate of drug-likeness (QED) is 0.374. The molecule has 0 heterocycles. The molecule has 0 atom stereocenters. The van der Waals surface area contributed by atoms with Crippen LogP contribution in [0.2, 0.25) is 0 Å². The van der Waals surface area contributed by atoms with Gasteiger partial charge in [-0.2, -0.15) is 0 Å². The second-order valence-electron chi connectivity index (χ2n) is 7.92. The monoisotopic (exact) mass is 423 g/mol. The van der Waals surface area contributed by atoms with Crippen LogP contribution in [0.1, 0.15) is 27.0 Å². The fourth-order valence-electron chi connectivity index (χ4n) is 3.88. The number of benzene rings is 4. The highest BCUT2D eigenvalue weighted by atomic mass is 31.2. The van der Waals surface area contributed by atoms with Gasteiger partial charge in [0, 0.05) is 21.5 Å². The summed E-state index contributed by atoms with van der Waals surface area (Å²) in [5, 5.41) is 3.27. The van der Waals surface area contributed by atoms with Gasteiger partial charge in [0.15, 0.2) is 0 Å². The maximum Gasteiger partial charge on any atom is 0.276 e. The van der Waals surface area contributed by atoms with Gasteiger partial charge in [-0.05, 0) is 51.1 Å². The minimum Gasteiger partial charge on any atom is -0.267 e. The summed E-state index contributed by atoms with van der Waals surface area (Å²) in [5.74, 6) is -0.182. The van der Waals surface area contributed by atoms with Gasteiger partial charge in [0.2, 0.25) is 0 Å². The van der Waals surface area contributed by atoms with Crippen molar-refractivity contribution in [2.24, 2.45) is 4.74 Å². The summed E-state index contributed by atoms with van der Waals surface area (Å²) in [4.78, 5) is 13.5. The normalized spacial score (nSPS) is 11.2. The highest BCUT2D eigenvalue weighted by molar-refractivity contribution is 7.87. The van der Waals surface area contributed by atoms with Gasteiger partial charge in [-0.1, -0.05) is 89.5 Å². The molecule has 2 nitrogen and oxygen atoms in total. The molecule has 1 amide bonds. The number of aryl methyl sites for hydroxylation is 3. The fraction of sp³-hybridized carbons (Fsp3) is 0.107. The highest BCUT2D eigenvalue weighted by Gasteiger charge is 2.29. The maximum atomic E-state index is 13.5. The van der Waals surface area contributed by atoms with Gasteiger partial charge in [-0.25, -0.2) is 4.74 Å². The zero-order chi connectivity index (χ0) is 21.8. The molecule has 3 heteroatoms. The Labute approximate surface area is 184 Å². The molecule has 31 heavy (non-hydrogen) atoms. The van der Waals surface area contributed by atoms with Crippen LogP contribution in [-0.4, -0.2) is 5.91 Å². The molecule has 0 fully saturated rings. The molecule has 0 saturated heterocycles. The number of hydrogen-bond donors (Lipinski definition) is 0. The average Bonchev–Trinajstić information content (AvgIpc) is 2.78. The lowest BCUT2D eigenvalue weighted by Crippen LogP contribution is -2.27. The first-order chi connectivity index (χ1) is 15.0. The van der Waals surface area contributed by atoms with Crippen LogP contribution in [0.25, 0.3) is 0 Å². The van der Waals surface area contributed by atoms with Crippen molar-refractivity contribution in [3.63, 3.8) is 0 Å². The molecule has 154 valence electrons. The maximum absolute atomic E-state index is 13.5. The molecular formula is C28H26NOP. The molecule has 0 N–H and O–H groups in total. The SMILES string of the molecule is Cc1cccc(P(=NC(=O)c2ccccc2)(c2cccc(C)c2)c2cccc(C)c2)c1. The largest absolute Gasteiger partial charge is 0.276 e. The zero-order valence-electron chi connectivity index (χ0n) is 18.1. The molecule has 4 aromatic carbocycles. The molecule has 4 aromatic rings. The Morgan fingerprint density at radius 2 is 1.00 bits per heavy atom. The Kier molecular flexibility index (Phi) is 6.02. The zero-order valence-corrected chi connectivity index (χ0v) is 19.0. The lowest BCUT2D eigenvalue weighted by atomic mass is 10.2. The Balaban J connectivity index is 2.14. The van der Waals surface area contributed by atoms with Gasteiger partial charge in [0.05, 0.1) is 7.05 Å². The Bertz CT molecular complexity index is 1170. The standard InChI is InChI=1S/C28H26NOP/c1-21-10-7-15-25(18-21)31(26-16-8-11-22(2)19-26,27-17-9-12-23(3)20-27)29-28(30)24-13-5-4-6-14-24/h4-20H,1-3H3. The van der Waals surface area contributed by atoms with Gasteiger partial charge >= 0.3 is 0 Å². The van der Waals surface area contributed by atoms with E-state index in [1.165, 1.54) is 0 Å². The van der Waals surface area contributed by atoms with Crippen molar-refractivity contribution in [1.82, 2.24) is 0 Å². The van der Waals surface area contributed by atoms with E-state index in [4.69, 9.17) is 4.74 Å². The minimum absolute atomic E-state index is 0.182. The number of amides is 1. The van der Waals surface area contributed by atoms with E-state index < -0.39 is 7.05 Å². The summed E-state index contributed by atoms with van der Waals surface area (Å²) < 4.78 is 5.08. The second-order valence-corrected chi connectivity index (χ2v) is 10.9. The summed E-state index contributed by atoms with van der Waals surface area (Å²) in [5.41, 5.74) is 4.08. The fourth-order valence-corrected chi connectivity index (χ4v) is 7.59. The first-order valence-corrected chi connectivity index (χ1v) is 12.2. The summed E-state index contributed by atoms with van der Waals surface area (Å²) in [6.07, 6.45) is 0. The van der Waals surface area contributed by atoms with E-state index in [1.807, 2.05) is 30.3 Å². The van der Waals surface area contributed by atoms with Gasteiger partial charge in [-0.15, -0.1) is 0 Å². The minimum atomic E-state index is -2.58. The van der Waals surface area contributed by atoms with E-state index in [9.17, 15) is 4.79 Å². The van der Waals surface area contributed by atoms with Crippen LogP contribution < -0.4 is 15.9 Å². The molecule has 0 radical (unpaired) electrons. The Hall–Kier alpha value is -3.22.